The van der Waals surface area contributed by atoms with Crippen molar-refractivity contribution in [2.75, 3.05) is 6.54 Å². The van der Waals surface area contributed by atoms with Crippen molar-refractivity contribution < 1.29 is 17.9 Å². The van der Waals surface area contributed by atoms with Crippen molar-refractivity contribution in [1.82, 2.24) is 24.8 Å². The zero-order valence-corrected chi connectivity index (χ0v) is 18.1. The van der Waals surface area contributed by atoms with Crippen molar-refractivity contribution in [1.29, 1.82) is 0 Å². The van der Waals surface area contributed by atoms with Gasteiger partial charge >= 0.3 is 6.61 Å². The summed E-state index contributed by atoms with van der Waals surface area (Å²) in [5.74, 6) is 1.22. The topological polar surface area (TPSA) is 64.9 Å². The summed E-state index contributed by atoms with van der Waals surface area (Å²) in [5.41, 5.74) is 2.71. The lowest BCUT2D eigenvalue weighted by molar-refractivity contribution is -0.0507. The van der Waals surface area contributed by atoms with Crippen LogP contribution >= 0.6 is 0 Å². The molecule has 0 saturated carbocycles. The van der Waals surface area contributed by atoms with Gasteiger partial charge in [-0.3, -0.25) is 0 Å². The third-order valence-electron chi connectivity index (χ3n) is 5.78. The molecule has 9 heteroatoms. The highest BCUT2D eigenvalue weighted by Crippen LogP contribution is 2.36. The molecule has 170 valence electrons. The normalized spacial score (nSPS) is 15.9. The second kappa shape index (κ2) is 8.47. The van der Waals surface area contributed by atoms with Gasteiger partial charge in [0.1, 0.15) is 23.2 Å². The van der Waals surface area contributed by atoms with E-state index in [2.05, 4.69) is 20.3 Å². The fourth-order valence-electron chi connectivity index (χ4n) is 4.25. The van der Waals surface area contributed by atoms with E-state index >= 15 is 4.39 Å². The van der Waals surface area contributed by atoms with Gasteiger partial charge in [-0.05, 0) is 12.1 Å². The largest absolute Gasteiger partial charge is 0.434 e. The minimum Gasteiger partial charge on any atom is -0.434 e. The van der Waals surface area contributed by atoms with Gasteiger partial charge in [0.15, 0.2) is 0 Å². The van der Waals surface area contributed by atoms with Gasteiger partial charge in [0.25, 0.3) is 0 Å². The molecule has 6 nitrogen and oxygen atoms in total. The van der Waals surface area contributed by atoms with E-state index < -0.39 is 12.4 Å². The van der Waals surface area contributed by atoms with Crippen molar-refractivity contribution in [2.45, 2.75) is 39.0 Å². The lowest BCUT2D eigenvalue weighted by Crippen LogP contribution is -2.34. The molecule has 2 aromatic carbocycles. The summed E-state index contributed by atoms with van der Waals surface area (Å²) in [6, 6.07) is 9.47. The first-order chi connectivity index (χ1) is 15.9. The van der Waals surface area contributed by atoms with Gasteiger partial charge in [-0.15, -0.1) is 0 Å². The lowest BCUT2D eigenvalue weighted by atomic mass is 10.0. The monoisotopic (exact) mass is 453 g/mol. The van der Waals surface area contributed by atoms with E-state index in [9.17, 15) is 8.78 Å². The minimum atomic E-state index is -2.93. The van der Waals surface area contributed by atoms with E-state index in [1.807, 2.05) is 18.4 Å². The standard InChI is InChI=1S/C24H22F3N5O/c1-13(2)23-29-9-14(10-30-23)16-7-19-18(8-17(16)25)31-22-12-28-11-20(32(19)22)15-5-3-4-6-21(15)33-24(26)27/h3-10,13,20,24,28H,11-12H2,1-2H3. The summed E-state index contributed by atoms with van der Waals surface area (Å²) >= 11 is 0. The maximum Gasteiger partial charge on any atom is 0.387 e. The van der Waals surface area contributed by atoms with Crippen molar-refractivity contribution >= 4 is 11.0 Å². The lowest BCUT2D eigenvalue weighted by Gasteiger charge is -2.28. The van der Waals surface area contributed by atoms with Crippen LogP contribution in [-0.2, 0) is 6.54 Å². The number of ether oxygens (including phenoxy) is 1. The number of para-hydroxylation sites is 1. The molecule has 3 heterocycles. The number of hydrogen-bond acceptors (Lipinski definition) is 5. The molecule has 0 bridgehead atoms. The summed E-state index contributed by atoms with van der Waals surface area (Å²) in [6.07, 6.45) is 3.23. The van der Waals surface area contributed by atoms with Crippen LogP contribution < -0.4 is 10.1 Å². The summed E-state index contributed by atoms with van der Waals surface area (Å²) < 4.78 is 47.8. The molecule has 0 fully saturated rings. The Morgan fingerprint density at radius 1 is 1.12 bits per heavy atom. The van der Waals surface area contributed by atoms with Gasteiger partial charge in [0.05, 0.1) is 23.6 Å². The van der Waals surface area contributed by atoms with Crippen LogP contribution in [-0.4, -0.2) is 32.7 Å². The molecule has 0 saturated heterocycles. The number of nitrogens with zero attached hydrogens (tertiary/aromatic N) is 4. The minimum absolute atomic E-state index is 0.106. The molecule has 1 unspecified atom stereocenters. The van der Waals surface area contributed by atoms with E-state index in [-0.39, 0.29) is 17.7 Å². The molecule has 0 amide bonds. The van der Waals surface area contributed by atoms with Gasteiger partial charge in [-0.2, -0.15) is 8.78 Å². The van der Waals surface area contributed by atoms with Crippen LogP contribution in [0.25, 0.3) is 22.2 Å². The van der Waals surface area contributed by atoms with E-state index in [4.69, 9.17) is 4.74 Å². The first-order valence-corrected chi connectivity index (χ1v) is 10.7. The predicted molar refractivity (Wildman–Crippen MR) is 118 cm³/mol. The fraction of sp³-hybridized carbons (Fsp3) is 0.292. The fourth-order valence-corrected chi connectivity index (χ4v) is 4.25. The number of imidazole rings is 1. The first-order valence-electron chi connectivity index (χ1n) is 10.7. The highest BCUT2D eigenvalue weighted by atomic mass is 19.3. The summed E-state index contributed by atoms with van der Waals surface area (Å²) in [7, 11) is 0. The van der Waals surface area contributed by atoms with E-state index in [0.29, 0.717) is 52.5 Å². The average Bonchev–Trinajstić information content (AvgIpc) is 3.16. The molecular weight excluding hydrogens is 431 g/mol. The van der Waals surface area contributed by atoms with Crippen LogP contribution in [0, 0.1) is 5.82 Å². The SMILES string of the molecule is CC(C)c1ncc(-c2cc3c(cc2F)nc2n3C(c3ccccc3OC(F)F)CNC2)cn1. The third kappa shape index (κ3) is 3.93. The van der Waals surface area contributed by atoms with E-state index in [1.165, 1.54) is 12.1 Å². The van der Waals surface area contributed by atoms with Crippen LogP contribution in [0.1, 0.15) is 43.0 Å². The summed E-state index contributed by atoms with van der Waals surface area (Å²) in [4.78, 5) is 13.3. The zero-order chi connectivity index (χ0) is 23.1. The Hall–Kier alpha value is -3.46. The van der Waals surface area contributed by atoms with Crippen LogP contribution in [0.4, 0.5) is 13.2 Å². The molecule has 1 atom stereocenters. The Balaban J connectivity index is 1.64. The number of benzene rings is 2. The molecule has 2 aromatic heterocycles. The van der Waals surface area contributed by atoms with Gasteiger partial charge in [-0.25, -0.2) is 19.3 Å². The van der Waals surface area contributed by atoms with Gasteiger partial charge in [0, 0.05) is 47.6 Å². The molecule has 5 rings (SSSR count). The number of fused-ring (bicyclic) bond motifs is 3. The number of rotatable bonds is 5. The summed E-state index contributed by atoms with van der Waals surface area (Å²) in [6.45, 7) is 2.01. The Morgan fingerprint density at radius 3 is 2.61 bits per heavy atom. The molecular formula is C24H22F3N5O. The van der Waals surface area contributed by atoms with Gasteiger partial charge < -0.3 is 14.6 Å². The Morgan fingerprint density at radius 2 is 1.88 bits per heavy atom. The second-order valence-electron chi connectivity index (χ2n) is 8.27. The van der Waals surface area contributed by atoms with Crippen LogP contribution in [0.15, 0.2) is 48.8 Å². The molecule has 1 N–H and O–H groups in total. The van der Waals surface area contributed by atoms with Crippen molar-refractivity contribution in [3.05, 3.63) is 71.8 Å². The van der Waals surface area contributed by atoms with E-state index in [0.717, 1.165) is 0 Å². The number of alkyl halides is 2. The molecule has 1 aliphatic rings. The van der Waals surface area contributed by atoms with Gasteiger partial charge in [-0.1, -0.05) is 32.0 Å². The summed E-state index contributed by atoms with van der Waals surface area (Å²) in [5, 5.41) is 3.27. The van der Waals surface area contributed by atoms with Crippen molar-refractivity contribution in [2.24, 2.45) is 0 Å². The van der Waals surface area contributed by atoms with Crippen molar-refractivity contribution in [3.8, 4) is 16.9 Å². The average molecular weight is 453 g/mol. The van der Waals surface area contributed by atoms with Crippen molar-refractivity contribution in [3.63, 3.8) is 0 Å². The molecule has 1 aliphatic heterocycles. The Labute approximate surface area is 188 Å². The third-order valence-corrected chi connectivity index (χ3v) is 5.78. The zero-order valence-electron chi connectivity index (χ0n) is 18.1. The van der Waals surface area contributed by atoms with Gasteiger partial charge in [0.2, 0.25) is 0 Å². The van der Waals surface area contributed by atoms with E-state index in [1.54, 1.807) is 36.7 Å². The smallest absolute Gasteiger partial charge is 0.387 e. The maximum atomic E-state index is 15.0. The molecule has 33 heavy (non-hydrogen) atoms. The number of halogens is 3. The molecule has 0 spiro atoms. The predicted octanol–water partition coefficient (Wildman–Crippen LogP) is 5.05. The Bertz CT molecular complexity index is 1300. The Kier molecular flexibility index (Phi) is 5.49. The molecule has 0 aliphatic carbocycles. The second-order valence-corrected chi connectivity index (χ2v) is 8.27. The van der Waals surface area contributed by atoms with Crippen LogP contribution in [0.5, 0.6) is 5.75 Å². The first kappa shape index (κ1) is 21.4. The number of nitrogens with one attached hydrogen (secondary N) is 1. The molecule has 0 radical (unpaired) electrons. The highest BCUT2D eigenvalue weighted by molar-refractivity contribution is 5.83. The number of aromatic nitrogens is 4. The maximum absolute atomic E-state index is 15.0. The highest BCUT2D eigenvalue weighted by Gasteiger charge is 2.28. The van der Waals surface area contributed by atoms with Crippen LogP contribution in [0.2, 0.25) is 0 Å². The quantitative estimate of drug-likeness (QED) is 0.458. The van der Waals surface area contributed by atoms with Crippen LogP contribution in [0.3, 0.4) is 0 Å². The molecule has 4 aromatic rings. The number of hydrogen-bond donors (Lipinski definition) is 1.